The quantitative estimate of drug-likeness (QED) is 0.667. The van der Waals surface area contributed by atoms with Crippen molar-refractivity contribution in [2.45, 2.75) is 57.8 Å². The molecule has 3 heteroatoms. The summed E-state index contributed by atoms with van der Waals surface area (Å²) in [4.78, 5) is 14.0. The summed E-state index contributed by atoms with van der Waals surface area (Å²) in [5.41, 5.74) is 8.07. The Morgan fingerprint density at radius 3 is 2.32 bits per heavy atom. The molecule has 0 saturated carbocycles. The highest BCUT2D eigenvalue weighted by atomic mass is 16.1. The lowest BCUT2D eigenvalue weighted by Crippen LogP contribution is -2.22. The number of carbonyl (C=O) groups is 1. The molecule has 0 radical (unpaired) electrons. The van der Waals surface area contributed by atoms with Crippen molar-refractivity contribution in [3.63, 3.8) is 0 Å². The molecule has 0 heterocycles. The van der Waals surface area contributed by atoms with Crippen molar-refractivity contribution in [1.29, 1.82) is 0 Å². The number of rotatable bonds is 10. The smallest absolute Gasteiger partial charge is 0.224 e. The van der Waals surface area contributed by atoms with Gasteiger partial charge < -0.3 is 10.6 Å². The van der Waals surface area contributed by atoms with Gasteiger partial charge in [-0.15, -0.1) is 0 Å². The maximum Gasteiger partial charge on any atom is 0.224 e. The summed E-state index contributed by atoms with van der Waals surface area (Å²) < 4.78 is 0. The Labute approximate surface area is 135 Å². The van der Waals surface area contributed by atoms with E-state index in [1.54, 1.807) is 0 Å². The van der Waals surface area contributed by atoms with Crippen LogP contribution in [0, 0.1) is 0 Å². The zero-order valence-corrected chi connectivity index (χ0v) is 14.6. The molecule has 1 atom stereocenters. The maximum atomic E-state index is 11.9. The van der Waals surface area contributed by atoms with Crippen LogP contribution in [-0.2, 0) is 4.79 Å². The number of hydrogen-bond acceptors (Lipinski definition) is 2. The first-order valence-corrected chi connectivity index (χ1v) is 8.53. The zero-order chi connectivity index (χ0) is 16.5. The highest BCUT2D eigenvalue weighted by Gasteiger charge is 2.18. The molecule has 0 aliphatic rings. The second kappa shape index (κ2) is 9.62. The molecule has 2 N–H and O–H groups in total. The van der Waals surface area contributed by atoms with Crippen molar-refractivity contribution in [2.24, 2.45) is 5.73 Å². The summed E-state index contributed by atoms with van der Waals surface area (Å²) in [7, 11) is 4.15. The fraction of sp³-hybridized carbons (Fsp3) is 0.632. The van der Waals surface area contributed by atoms with Gasteiger partial charge in [-0.3, -0.25) is 4.79 Å². The Hall–Kier alpha value is -1.35. The number of primary amides is 1. The number of hydrogen-bond donors (Lipinski definition) is 1. The van der Waals surface area contributed by atoms with Crippen molar-refractivity contribution >= 4 is 5.91 Å². The van der Waals surface area contributed by atoms with E-state index in [4.69, 9.17) is 5.73 Å². The van der Waals surface area contributed by atoms with Crippen molar-refractivity contribution in [3.05, 3.63) is 35.4 Å². The lowest BCUT2D eigenvalue weighted by Gasteiger charge is -2.18. The largest absolute Gasteiger partial charge is 0.369 e. The zero-order valence-electron chi connectivity index (χ0n) is 14.6. The standard InChI is InChI=1S/C19H32N2O/c1-5-15(6-2)16-10-9-11-17(14-16)18(19(20)22)12-7-8-13-21(3)4/h9-11,14-15,18H,5-8,12-13H2,1-4H3,(H2,20,22)/t18-/m1/s1. The minimum atomic E-state index is -0.202. The predicted molar refractivity (Wildman–Crippen MR) is 94.1 cm³/mol. The van der Waals surface area contributed by atoms with E-state index in [-0.39, 0.29) is 11.8 Å². The molecule has 0 aromatic heterocycles. The molecular formula is C19H32N2O. The molecule has 0 fully saturated rings. The van der Waals surface area contributed by atoms with Gasteiger partial charge in [0.05, 0.1) is 5.92 Å². The monoisotopic (exact) mass is 304 g/mol. The number of nitrogens with two attached hydrogens (primary N) is 1. The van der Waals surface area contributed by atoms with Crippen LogP contribution < -0.4 is 5.73 Å². The molecule has 0 unspecified atom stereocenters. The Bertz CT molecular complexity index is 453. The average Bonchev–Trinajstić information content (AvgIpc) is 2.48. The van der Waals surface area contributed by atoms with Crippen molar-refractivity contribution in [3.8, 4) is 0 Å². The molecule has 124 valence electrons. The van der Waals surface area contributed by atoms with Gasteiger partial charge in [-0.1, -0.05) is 44.5 Å². The second-order valence-corrected chi connectivity index (χ2v) is 6.44. The Balaban J connectivity index is 2.79. The third-order valence-electron chi connectivity index (χ3n) is 4.46. The molecule has 22 heavy (non-hydrogen) atoms. The van der Waals surface area contributed by atoms with Crippen molar-refractivity contribution in [1.82, 2.24) is 4.90 Å². The fourth-order valence-electron chi connectivity index (χ4n) is 3.04. The summed E-state index contributed by atoms with van der Waals surface area (Å²) in [5.74, 6) is 0.213. The molecule has 1 rings (SSSR count). The third-order valence-corrected chi connectivity index (χ3v) is 4.46. The molecule has 0 bridgehead atoms. The minimum Gasteiger partial charge on any atom is -0.369 e. The fourth-order valence-corrected chi connectivity index (χ4v) is 3.04. The minimum absolute atomic E-state index is 0.156. The van der Waals surface area contributed by atoms with Crippen LogP contribution in [0.25, 0.3) is 0 Å². The van der Waals surface area contributed by atoms with Gasteiger partial charge in [0.2, 0.25) is 5.91 Å². The predicted octanol–water partition coefficient (Wildman–Crippen LogP) is 3.89. The topological polar surface area (TPSA) is 46.3 Å². The summed E-state index contributed by atoms with van der Waals surface area (Å²) in [6, 6.07) is 8.48. The molecule has 0 aliphatic heterocycles. The van der Waals surface area contributed by atoms with E-state index in [1.807, 2.05) is 6.07 Å². The highest BCUT2D eigenvalue weighted by molar-refractivity contribution is 5.81. The van der Waals surface area contributed by atoms with Crippen LogP contribution in [0.15, 0.2) is 24.3 Å². The van der Waals surface area contributed by atoms with E-state index in [0.29, 0.717) is 5.92 Å². The second-order valence-electron chi connectivity index (χ2n) is 6.44. The molecule has 1 amide bonds. The van der Waals surface area contributed by atoms with Crippen LogP contribution >= 0.6 is 0 Å². The van der Waals surface area contributed by atoms with Gasteiger partial charge in [0.15, 0.2) is 0 Å². The van der Waals surface area contributed by atoms with Crippen LogP contribution in [0.4, 0.5) is 0 Å². The van der Waals surface area contributed by atoms with Crippen LogP contribution in [0.5, 0.6) is 0 Å². The van der Waals surface area contributed by atoms with Crippen molar-refractivity contribution in [2.75, 3.05) is 20.6 Å². The molecule has 1 aromatic rings. The van der Waals surface area contributed by atoms with E-state index in [2.05, 4.69) is 51.0 Å². The summed E-state index contributed by atoms with van der Waals surface area (Å²) >= 11 is 0. The van der Waals surface area contributed by atoms with Gasteiger partial charge in [-0.25, -0.2) is 0 Å². The van der Waals surface area contributed by atoms with Crippen LogP contribution in [0.1, 0.15) is 68.9 Å². The van der Waals surface area contributed by atoms with Gasteiger partial charge in [-0.2, -0.15) is 0 Å². The SMILES string of the molecule is CCC(CC)c1cccc([C@@H](CCCCN(C)C)C(N)=O)c1. The number of amides is 1. The summed E-state index contributed by atoms with van der Waals surface area (Å²) in [5, 5.41) is 0. The normalized spacial score (nSPS) is 12.8. The van der Waals surface area contributed by atoms with Gasteiger partial charge >= 0.3 is 0 Å². The van der Waals surface area contributed by atoms with Gasteiger partial charge in [0.25, 0.3) is 0 Å². The van der Waals surface area contributed by atoms with Gasteiger partial charge in [0.1, 0.15) is 0 Å². The first-order valence-electron chi connectivity index (χ1n) is 8.53. The number of benzene rings is 1. The number of carbonyl (C=O) groups excluding carboxylic acids is 1. The van der Waals surface area contributed by atoms with Crippen LogP contribution in [-0.4, -0.2) is 31.4 Å². The molecule has 1 aromatic carbocycles. The molecule has 0 aliphatic carbocycles. The molecular weight excluding hydrogens is 272 g/mol. The lowest BCUT2D eigenvalue weighted by molar-refractivity contribution is -0.119. The average molecular weight is 304 g/mol. The highest BCUT2D eigenvalue weighted by Crippen LogP contribution is 2.28. The van der Waals surface area contributed by atoms with Crippen molar-refractivity contribution < 1.29 is 4.79 Å². The van der Waals surface area contributed by atoms with E-state index in [9.17, 15) is 4.79 Å². The van der Waals surface area contributed by atoms with E-state index in [0.717, 1.165) is 44.2 Å². The number of nitrogens with zero attached hydrogens (tertiary/aromatic N) is 1. The molecule has 3 nitrogen and oxygen atoms in total. The molecule has 0 saturated heterocycles. The lowest BCUT2D eigenvalue weighted by atomic mass is 9.87. The maximum absolute atomic E-state index is 11.9. The Kier molecular flexibility index (Phi) is 8.18. The first-order chi connectivity index (χ1) is 10.5. The van der Waals surface area contributed by atoms with E-state index < -0.39 is 0 Å². The van der Waals surface area contributed by atoms with Crippen LogP contribution in [0.2, 0.25) is 0 Å². The van der Waals surface area contributed by atoms with E-state index >= 15 is 0 Å². The number of unbranched alkanes of at least 4 members (excludes halogenated alkanes) is 1. The Morgan fingerprint density at radius 2 is 1.77 bits per heavy atom. The summed E-state index contributed by atoms with van der Waals surface area (Å²) in [6.45, 7) is 5.49. The Morgan fingerprint density at radius 1 is 1.14 bits per heavy atom. The third kappa shape index (κ3) is 5.80. The molecule has 0 spiro atoms. The first kappa shape index (κ1) is 18.7. The van der Waals surface area contributed by atoms with Crippen LogP contribution in [0.3, 0.4) is 0 Å². The van der Waals surface area contributed by atoms with Gasteiger partial charge in [0, 0.05) is 0 Å². The summed E-state index contributed by atoms with van der Waals surface area (Å²) in [6.07, 6.45) is 5.23. The van der Waals surface area contributed by atoms with E-state index in [1.165, 1.54) is 5.56 Å². The van der Waals surface area contributed by atoms with Gasteiger partial charge in [-0.05, 0) is 63.4 Å².